The summed E-state index contributed by atoms with van der Waals surface area (Å²) in [4.78, 5) is 0.175. The largest absolute Gasteiger partial charge is 0.420 e. The molecule has 1 aromatic carbocycles. The molecule has 7 nitrogen and oxygen atoms in total. The number of benzene rings is 1. The first-order chi connectivity index (χ1) is 12.8. The maximum absolute atomic E-state index is 13.2. The molecule has 142 valence electrons. The Morgan fingerprint density at radius 3 is 2.37 bits per heavy atom. The molecule has 0 bridgehead atoms. The fourth-order valence-corrected chi connectivity index (χ4v) is 4.73. The fraction of sp³-hybridized carbons (Fsp3) is 0.368. The number of nitrogens with zero attached hydrogens (tertiary/aromatic N) is 3. The number of aromatic nitrogens is 3. The van der Waals surface area contributed by atoms with Crippen LogP contribution in [0.2, 0.25) is 0 Å². The Hall–Kier alpha value is -2.61. The Bertz CT molecular complexity index is 1110. The molecule has 0 unspecified atom stereocenters. The molecule has 1 N–H and O–H groups in total. The first-order valence-corrected chi connectivity index (χ1v) is 10.4. The molecule has 0 aliphatic heterocycles. The Morgan fingerprint density at radius 1 is 1.07 bits per heavy atom. The van der Waals surface area contributed by atoms with E-state index < -0.39 is 10.0 Å². The van der Waals surface area contributed by atoms with Gasteiger partial charge in [0.15, 0.2) is 0 Å². The van der Waals surface area contributed by atoms with Crippen LogP contribution in [0.5, 0.6) is 0 Å². The number of nitrogens with one attached hydrogen (secondary N) is 1. The Labute approximate surface area is 158 Å². The third kappa shape index (κ3) is 3.14. The molecule has 2 heterocycles. The predicted octanol–water partition coefficient (Wildman–Crippen LogP) is 3.68. The first kappa shape index (κ1) is 17.8. The number of sulfonamides is 1. The summed E-state index contributed by atoms with van der Waals surface area (Å²) in [5, 5.41) is 8.24. The van der Waals surface area contributed by atoms with Crippen molar-refractivity contribution in [2.75, 3.05) is 4.72 Å². The monoisotopic (exact) mass is 386 g/mol. The van der Waals surface area contributed by atoms with E-state index in [9.17, 15) is 8.42 Å². The van der Waals surface area contributed by atoms with Gasteiger partial charge in [-0.3, -0.25) is 4.72 Å². The predicted molar refractivity (Wildman–Crippen MR) is 102 cm³/mol. The number of hydrogen-bond donors (Lipinski definition) is 1. The highest BCUT2D eigenvalue weighted by Crippen LogP contribution is 2.41. The molecule has 8 heteroatoms. The third-order valence-corrected chi connectivity index (χ3v) is 6.62. The highest BCUT2D eigenvalue weighted by Gasteiger charge is 2.33. The van der Waals surface area contributed by atoms with Crippen molar-refractivity contribution < 1.29 is 12.8 Å². The molecule has 1 fully saturated rings. The lowest BCUT2D eigenvalue weighted by Crippen LogP contribution is -2.14. The van der Waals surface area contributed by atoms with Crippen LogP contribution in [0.15, 0.2) is 33.6 Å². The van der Waals surface area contributed by atoms with Crippen LogP contribution in [0.1, 0.15) is 41.6 Å². The van der Waals surface area contributed by atoms with Crippen LogP contribution in [-0.2, 0) is 17.1 Å². The van der Waals surface area contributed by atoms with Crippen molar-refractivity contribution in [3.63, 3.8) is 0 Å². The van der Waals surface area contributed by atoms with E-state index in [1.165, 1.54) is 0 Å². The summed E-state index contributed by atoms with van der Waals surface area (Å²) < 4.78 is 36.7. The minimum absolute atomic E-state index is 0.175. The van der Waals surface area contributed by atoms with Crippen molar-refractivity contribution in [3.05, 3.63) is 47.1 Å². The zero-order chi connectivity index (χ0) is 19.3. The average molecular weight is 386 g/mol. The van der Waals surface area contributed by atoms with Gasteiger partial charge in [0.1, 0.15) is 4.90 Å². The highest BCUT2D eigenvalue weighted by atomic mass is 32.2. The molecular formula is C19H22N4O3S. The summed E-state index contributed by atoms with van der Waals surface area (Å²) in [7, 11) is -2.00. The van der Waals surface area contributed by atoms with Crippen LogP contribution < -0.4 is 4.72 Å². The lowest BCUT2D eigenvalue weighted by atomic mass is 10.2. The van der Waals surface area contributed by atoms with Crippen molar-refractivity contribution in [2.45, 2.75) is 44.4 Å². The molecule has 1 saturated carbocycles. The topological polar surface area (TPSA) is 90.0 Å². The van der Waals surface area contributed by atoms with Gasteiger partial charge in [-0.1, -0.05) is 17.7 Å². The summed E-state index contributed by atoms with van der Waals surface area (Å²) in [6, 6.07) is 7.22. The molecule has 1 aliphatic rings. The van der Waals surface area contributed by atoms with Crippen LogP contribution in [-0.4, -0.2) is 23.2 Å². The van der Waals surface area contributed by atoms with E-state index in [1.807, 2.05) is 37.6 Å². The maximum Gasteiger partial charge on any atom is 0.264 e. The zero-order valence-corrected chi connectivity index (χ0v) is 16.6. The van der Waals surface area contributed by atoms with Gasteiger partial charge in [-0.2, -0.15) is 0 Å². The minimum Gasteiger partial charge on any atom is -0.420 e. The standard InChI is InChI=1S/C19H22N4O3S/c1-11-5-9-15(10-6-11)22-27(24,25)17-13(3)23(4)12(2)16(17)19-21-20-18(26-19)14-7-8-14/h5-6,9-10,14,22H,7-8H2,1-4H3. The smallest absolute Gasteiger partial charge is 0.264 e. The van der Waals surface area contributed by atoms with Crippen LogP contribution in [0, 0.1) is 20.8 Å². The second kappa shape index (κ2) is 6.23. The third-order valence-electron chi connectivity index (χ3n) is 5.08. The number of aryl methyl sites for hydroxylation is 1. The number of rotatable bonds is 5. The van der Waals surface area contributed by atoms with E-state index in [0.29, 0.717) is 28.8 Å². The van der Waals surface area contributed by atoms with Crippen LogP contribution in [0.3, 0.4) is 0 Å². The molecule has 0 saturated heterocycles. The van der Waals surface area contributed by atoms with Crippen molar-refractivity contribution in [2.24, 2.45) is 7.05 Å². The van der Waals surface area contributed by atoms with Gasteiger partial charge in [0.2, 0.25) is 5.89 Å². The lowest BCUT2D eigenvalue weighted by Gasteiger charge is -2.10. The molecule has 0 amide bonds. The Kier molecular flexibility index (Phi) is 4.10. The summed E-state index contributed by atoms with van der Waals surface area (Å²) in [5.74, 6) is 1.14. The van der Waals surface area contributed by atoms with Gasteiger partial charge in [0.25, 0.3) is 15.9 Å². The summed E-state index contributed by atoms with van der Waals surface area (Å²) in [6.07, 6.45) is 2.07. The second-order valence-electron chi connectivity index (χ2n) is 7.13. The second-order valence-corrected chi connectivity index (χ2v) is 8.74. The number of anilines is 1. The van der Waals surface area contributed by atoms with Crippen molar-refractivity contribution in [1.29, 1.82) is 0 Å². The molecule has 0 atom stereocenters. The normalized spacial score (nSPS) is 14.5. The molecule has 2 aromatic heterocycles. The van der Waals surface area contributed by atoms with Crippen LogP contribution in [0.25, 0.3) is 11.5 Å². The van der Waals surface area contributed by atoms with E-state index >= 15 is 0 Å². The van der Waals surface area contributed by atoms with Crippen molar-refractivity contribution >= 4 is 15.7 Å². The molecule has 4 rings (SSSR count). The Morgan fingerprint density at radius 2 is 1.74 bits per heavy atom. The first-order valence-electron chi connectivity index (χ1n) is 8.87. The SMILES string of the molecule is Cc1ccc(NS(=O)(=O)c2c(-c3nnc(C4CC4)o3)c(C)n(C)c2C)cc1. The van der Waals surface area contributed by atoms with Gasteiger partial charge < -0.3 is 8.98 Å². The van der Waals surface area contributed by atoms with E-state index in [1.54, 1.807) is 19.1 Å². The lowest BCUT2D eigenvalue weighted by molar-refractivity contribution is 0.507. The summed E-state index contributed by atoms with van der Waals surface area (Å²) >= 11 is 0. The van der Waals surface area contributed by atoms with Gasteiger partial charge in [-0.25, -0.2) is 8.42 Å². The quantitative estimate of drug-likeness (QED) is 0.722. The summed E-state index contributed by atoms with van der Waals surface area (Å²) in [5.41, 5.74) is 3.42. The number of hydrogen-bond acceptors (Lipinski definition) is 5. The van der Waals surface area contributed by atoms with Crippen LogP contribution >= 0.6 is 0 Å². The molecule has 1 aliphatic carbocycles. The molecule has 3 aromatic rings. The Balaban J connectivity index is 1.81. The zero-order valence-electron chi connectivity index (χ0n) is 15.8. The fourth-order valence-electron chi connectivity index (χ4n) is 3.16. The van der Waals surface area contributed by atoms with E-state index in [-0.39, 0.29) is 10.8 Å². The van der Waals surface area contributed by atoms with Crippen molar-refractivity contribution in [1.82, 2.24) is 14.8 Å². The van der Waals surface area contributed by atoms with Gasteiger partial charge in [0, 0.05) is 30.0 Å². The summed E-state index contributed by atoms with van der Waals surface area (Å²) in [6.45, 7) is 5.58. The average Bonchev–Trinajstić information content (AvgIpc) is 3.31. The minimum atomic E-state index is -3.83. The van der Waals surface area contributed by atoms with E-state index in [0.717, 1.165) is 24.1 Å². The van der Waals surface area contributed by atoms with Gasteiger partial charge in [-0.05, 0) is 45.7 Å². The van der Waals surface area contributed by atoms with Crippen LogP contribution in [0.4, 0.5) is 5.69 Å². The van der Waals surface area contributed by atoms with Gasteiger partial charge in [0.05, 0.1) is 5.56 Å². The van der Waals surface area contributed by atoms with Crippen molar-refractivity contribution in [3.8, 4) is 11.5 Å². The maximum atomic E-state index is 13.2. The molecule has 0 spiro atoms. The molecule has 0 radical (unpaired) electrons. The molecular weight excluding hydrogens is 364 g/mol. The van der Waals surface area contributed by atoms with E-state index in [4.69, 9.17) is 4.42 Å². The van der Waals surface area contributed by atoms with Gasteiger partial charge in [-0.15, -0.1) is 10.2 Å². The molecule has 27 heavy (non-hydrogen) atoms. The van der Waals surface area contributed by atoms with E-state index in [2.05, 4.69) is 14.9 Å². The van der Waals surface area contributed by atoms with Gasteiger partial charge >= 0.3 is 0 Å². The highest BCUT2D eigenvalue weighted by molar-refractivity contribution is 7.93.